The molecule has 0 spiro atoms. The number of morpholine rings is 1. The fourth-order valence-corrected chi connectivity index (χ4v) is 2.59. The van der Waals surface area contributed by atoms with Crippen LogP contribution in [0.2, 0.25) is 0 Å². The molecular weight excluding hydrogens is 364 g/mol. The van der Waals surface area contributed by atoms with E-state index in [0.29, 0.717) is 44.2 Å². The minimum atomic E-state index is -0.442. The number of carbonyl (C=O) groups excluding carboxylic acids is 1. The number of amides is 1. The number of anilines is 2. The van der Waals surface area contributed by atoms with Gasteiger partial charge >= 0.3 is 6.09 Å². The summed E-state index contributed by atoms with van der Waals surface area (Å²) in [6.45, 7) is 4.91. The van der Waals surface area contributed by atoms with Gasteiger partial charge in [0.25, 0.3) is 0 Å². The first-order valence-electron chi connectivity index (χ1n) is 7.21. The molecule has 1 amide bonds. The average molecular weight is 382 g/mol. The van der Waals surface area contributed by atoms with E-state index in [-0.39, 0.29) is 38.8 Å². The van der Waals surface area contributed by atoms with Gasteiger partial charge in [-0.3, -0.25) is 4.90 Å². The van der Waals surface area contributed by atoms with Gasteiger partial charge in [-0.2, -0.15) is 0 Å². The number of ether oxygens (including phenoxy) is 2. The van der Waals surface area contributed by atoms with Crippen molar-refractivity contribution < 1.29 is 51.4 Å². The Morgan fingerprint density at radius 3 is 2.68 bits per heavy atom. The number of rotatable bonds is 3. The second-order valence-electron chi connectivity index (χ2n) is 5.17. The van der Waals surface area contributed by atoms with E-state index in [2.05, 4.69) is 6.07 Å². The third-order valence-corrected chi connectivity index (χ3v) is 3.83. The van der Waals surface area contributed by atoms with Gasteiger partial charge in [0, 0.05) is 51.6 Å². The van der Waals surface area contributed by atoms with Gasteiger partial charge in [0.15, 0.2) is 0 Å². The smallest absolute Gasteiger partial charge is 0.412 e. The summed E-state index contributed by atoms with van der Waals surface area (Å²) >= 11 is 0. The zero-order valence-corrected chi connectivity index (χ0v) is 15.4. The summed E-state index contributed by atoms with van der Waals surface area (Å²) in [5, 5.41) is 0. The number of halogens is 1. The second kappa shape index (κ2) is 7.71. The predicted octanol–water partition coefficient (Wildman–Crippen LogP) is 2.20. The first-order chi connectivity index (χ1) is 10.2. The van der Waals surface area contributed by atoms with Gasteiger partial charge in [-0.05, 0) is 12.1 Å². The van der Waals surface area contributed by atoms with E-state index in [9.17, 15) is 9.18 Å². The Labute approximate surface area is 154 Å². The fraction of sp³-hybridized carbons (Fsp3) is 0.533. The monoisotopic (exact) mass is 382 g/mol. The molecule has 0 saturated carbocycles. The molecular formula is C15H18FN2O3Y-. The molecule has 0 bridgehead atoms. The first kappa shape index (κ1) is 17.6. The van der Waals surface area contributed by atoms with E-state index < -0.39 is 11.9 Å². The molecule has 0 aliphatic carbocycles. The SMILES string of the molecule is CC[C@H]1CN(c2[c-]c(F)c(N3CCOCC3)cc2)C(=O)O1.[Y]. The molecule has 2 fully saturated rings. The van der Waals surface area contributed by atoms with Crippen molar-refractivity contribution in [2.45, 2.75) is 19.4 Å². The first-order valence-corrected chi connectivity index (χ1v) is 7.21. The van der Waals surface area contributed by atoms with Crippen molar-refractivity contribution in [3.63, 3.8) is 0 Å². The molecule has 2 heterocycles. The summed E-state index contributed by atoms with van der Waals surface area (Å²) in [7, 11) is 0. The summed E-state index contributed by atoms with van der Waals surface area (Å²) in [6, 6.07) is 6.08. The van der Waals surface area contributed by atoms with Crippen molar-refractivity contribution in [1.82, 2.24) is 0 Å². The van der Waals surface area contributed by atoms with Crippen molar-refractivity contribution in [2.24, 2.45) is 0 Å². The molecule has 0 unspecified atom stereocenters. The topological polar surface area (TPSA) is 42.0 Å². The molecule has 3 rings (SSSR count). The summed E-state index contributed by atoms with van der Waals surface area (Å²) in [6.07, 6.45) is 0.181. The van der Waals surface area contributed by atoms with Crippen molar-refractivity contribution in [3.05, 3.63) is 24.0 Å². The maximum absolute atomic E-state index is 14.3. The van der Waals surface area contributed by atoms with Gasteiger partial charge in [0.1, 0.15) is 6.10 Å². The van der Waals surface area contributed by atoms with Crippen LogP contribution in [0.3, 0.4) is 0 Å². The normalized spacial score (nSPS) is 21.5. The fourth-order valence-electron chi connectivity index (χ4n) is 2.59. The van der Waals surface area contributed by atoms with Crippen molar-refractivity contribution in [3.8, 4) is 0 Å². The second-order valence-corrected chi connectivity index (χ2v) is 5.17. The van der Waals surface area contributed by atoms with Crippen LogP contribution in [-0.2, 0) is 42.2 Å². The standard InChI is InChI=1S/C15H18FN2O3.Y/c1-2-12-10-18(15(19)21-12)11-3-4-14(13(16)9-11)17-5-7-20-8-6-17;/h3-4,12H,2,5-8,10H2,1H3;/q-1;/t12-;/m0./s1. The zero-order chi connectivity index (χ0) is 14.8. The van der Waals surface area contributed by atoms with Crippen LogP contribution >= 0.6 is 0 Å². The average Bonchev–Trinajstić information content (AvgIpc) is 2.89. The van der Waals surface area contributed by atoms with Gasteiger partial charge in [-0.15, -0.1) is 18.2 Å². The van der Waals surface area contributed by atoms with Crippen LogP contribution in [-0.4, -0.2) is 45.0 Å². The van der Waals surface area contributed by atoms with Crippen LogP contribution in [0, 0.1) is 11.9 Å². The Kier molecular flexibility index (Phi) is 6.18. The van der Waals surface area contributed by atoms with Gasteiger partial charge in [0.05, 0.1) is 19.8 Å². The molecule has 1 radical (unpaired) electrons. The molecule has 1 aromatic rings. The molecule has 0 N–H and O–H groups in total. The van der Waals surface area contributed by atoms with Gasteiger partial charge in [-0.25, -0.2) is 9.18 Å². The molecule has 0 aromatic heterocycles. The molecule has 7 heteroatoms. The van der Waals surface area contributed by atoms with Crippen LogP contribution in [0.15, 0.2) is 12.1 Å². The zero-order valence-electron chi connectivity index (χ0n) is 12.5. The van der Waals surface area contributed by atoms with E-state index in [1.807, 2.05) is 11.8 Å². The molecule has 2 aliphatic heterocycles. The molecule has 1 atom stereocenters. The molecule has 1 aromatic carbocycles. The van der Waals surface area contributed by atoms with Gasteiger partial charge < -0.3 is 14.4 Å². The van der Waals surface area contributed by atoms with Crippen molar-refractivity contribution in [2.75, 3.05) is 42.6 Å². The summed E-state index contributed by atoms with van der Waals surface area (Å²) in [4.78, 5) is 15.1. The Morgan fingerprint density at radius 1 is 1.36 bits per heavy atom. The van der Waals surface area contributed by atoms with E-state index in [4.69, 9.17) is 9.47 Å². The van der Waals surface area contributed by atoms with Crippen molar-refractivity contribution >= 4 is 17.5 Å². The number of nitrogens with zero attached hydrogens (tertiary/aromatic N) is 2. The Morgan fingerprint density at radius 2 is 2.09 bits per heavy atom. The van der Waals surface area contributed by atoms with Gasteiger partial charge in [0.2, 0.25) is 0 Å². The largest absolute Gasteiger partial charge is 0.444 e. The third kappa shape index (κ3) is 3.61. The Balaban J connectivity index is 0.00000176. The third-order valence-electron chi connectivity index (χ3n) is 3.83. The Bertz CT molecular complexity index is 538. The number of hydrogen-bond donors (Lipinski definition) is 0. The maximum Gasteiger partial charge on any atom is 0.412 e. The van der Waals surface area contributed by atoms with Crippen LogP contribution < -0.4 is 9.80 Å². The van der Waals surface area contributed by atoms with Gasteiger partial charge in [-0.1, -0.05) is 12.6 Å². The number of hydrogen-bond acceptors (Lipinski definition) is 4. The summed E-state index contributed by atoms with van der Waals surface area (Å²) in [5.41, 5.74) is 0.923. The Hall–Kier alpha value is -0.716. The minimum absolute atomic E-state index is 0. The van der Waals surface area contributed by atoms with E-state index in [1.165, 1.54) is 4.90 Å². The summed E-state index contributed by atoms with van der Waals surface area (Å²) in [5.74, 6) is -0.442. The maximum atomic E-state index is 14.3. The molecule has 22 heavy (non-hydrogen) atoms. The predicted molar refractivity (Wildman–Crippen MR) is 76.2 cm³/mol. The van der Waals surface area contributed by atoms with Crippen molar-refractivity contribution in [1.29, 1.82) is 0 Å². The van der Waals surface area contributed by atoms with E-state index >= 15 is 0 Å². The number of cyclic esters (lactones) is 1. The molecule has 117 valence electrons. The summed E-state index contributed by atoms with van der Waals surface area (Å²) < 4.78 is 24.7. The van der Waals surface area contributed by atoms with Crippen LogP contribution in [0.1, 0.15) is 13.3 Å². The van der Waals surface area contributed by atoms with E-state index in [0.717, 1.165) is 6.42 Å². The van der Waals surface area contributed by atoms with Crippen LogP contribution in [0.5, 0.6) is 0 Å². The minimum Gasteiger partial charge on any atom is -0.444 e. The molecule has 2 saturated heterocycles. The van der Waals surface area contributed by atoms with Crippen LogP contribution in [0.25, 0.3) is 0 Å². The number of benzene rings is 1. The molecule has 5 nitrogen and oxygen atoms in total. The van der Waals surface area contributed by atoms with Crippen LogP contribution in [0.4, 0.5) is 20.6 Å². The number of carbonyl (C=O) groups is 1. The quantitative estimate of drug-likeness (QED) is 0.752. The molecule has 2 aliphatic rings. The van der Waals surface area contributed by atoms with E-state index in [1.54, 1.807) is 12.1 Å².